The number of H-pyrrole nitrogens is 1. The van der Waals surface area contributed by atoms with E-state index in [0.29, 0.717) is 22.5 Å². The molecule has 126 valence electrons. The second kappa shape index (κ2) is 7.83. The Hall–Kier alpha value is -0.830. The molecule has 2 N–H and O–H groups in total. The fraction of sp³-hybridized carbons (Fsp3) is 0.333. The normalized spacial score (nSPS) is 11.2. The van der Waals surface area contributed by atoms with Gasteiger partial charge in [0.05, 0.1) is 50.2 Å². The van der Waals surface area contributed by atoms with Crippen molar-refractivity contribution in [3.05, 3.63) is 44.2 Å². The van der Waals surface area contributed by atoms with Crippen molar-refractivity contribution < 1.29 is 33.3 Å². The van der Waals surface area contributed by atoms with Crippen LogP contribution >= 0.6 is 23.2 Å². The van der Waals surface area contributed by atoms with Gasteiger partial charge in [-0.3, -0.25) is 9.59 Å². The summed E-state index contributed by atoms with van der Waals surface area (Å²) in [4.78, 5) is 27.2. The maximum Gasteiger partial charge on any atom is 0.268 e. The molecule has 0 fully saturated rings. The van der Waals surface area contributed by atoms with Crippen LogP contribution in [-0.4, -0.2) is 49.6 Å². The Morgan fingerprint density at radius 1 is 1.22 bits per heavy atom. The number of nitrogens with one attached hydrogen (secondary N) is 2. The number of fused-ring (bicyclic) bond motifs is 1. The van der Waals surface area contributed by atoms with Crippen LogP contribution in [0.5, 0.6) is 0 Å². The number of aromatic nitrogens is 1. The molecule has 1 heterocycles. The van der Waals surface area contributed by atoms with E-state index >= 15 is 0 Å². The second-order valence-corrected chi connectivity index (χ2v) is 6.97. The smallest absolute Gasteiger partial charge is 0.268 e. The van der Waals surface area contributed by atoms with Gasteiger partial charge in [-0.05, 0) is 12.1 Å². The molecule has 0 radical (unpaired) electrons. The number of likely N-dealkylation sites (N-methyl/N-ethyl adjacent to an activating group) is 1. The summed E-state index contributed by atoms with van der Waals surface area (Å²) >= 11 is 12.0. The molecule has 0 aliphatic carbocycles. The summed E-state index contributed by atoms with van der Waals surface area (Å²) in [6, 6.07) is 4.33. The van der Waals surface area contributed by atoms with Gasteiger partial charge in [0.1, 0.15) is 5.69 Å². The predicted molar refractivity (Wildman–Crippen MR) is 89.8 cm³/mol. The van der Waals surface area contributed by atoms with E-state index in [0.717, 1.165) is 11.0 Å². The van der Waals surface area contributed by atoms with Gasteiger partial charge in [-0.15, -0.1) is 0 Å². The number of amides is 1. The zero-order valence-electron chi connectivity index (χ0n) is 13.0. The van der Waals surface area contributed by atoms with Crippen LogP contribution in [0, 0.1) is 0 Å². The van der Waals surface area contributed by atoms with Crippen LogP contribution in [0.3, 0.4) is 0 Å². The number of rotatable bonds is 4. The van der Waals surface area contributed by atoms with E-state index in [1.807, 2.05) is 21.1 Å². The van der Waals surface area contributed by atoms with Crippen LogP contribution in [0.1, 0.15) is 10.5 Å². The zero-order valence-corrected chi connectivity index (χ0v) is 16.7. The molecule has 1 aromatic carbocycles. The van der Waals surface area contributed by atoms with Gasteiger partial charge in [0, 0.05) is 11.1 Å². The minimum atomic E-state index is -0.330. The Labute approximate surface area is 161 Å². The number of quaternary nitrogens is 1. The van der Waals surface area contributed by atoms with E-state index in [4.69, 9.17) is 23.2 Å². The average molecular weight is 470 g/mol. The molecule has 23 heavy (non-hydrogen) atoms. The summed E-state index contributed by atoms with van der Waals surface area (Å²) in [5.41, 5.74) is 0.325. The van der Waals surface area contributed by atoms with Crippen molar-refractivity contribution in [2.75, 3.05) is 34.2 Å². The zero-order chi connectivity index (χ0) is 16.5. The molecular weight excluding hydrogens is 452 g/mol. The lowest BCUT2D eigenvalue weighted by atomic mass is 10.2. The van der Waals surface area contributed by atoms with Crippen molar-refractivity contribution >= 4 is 40.0 Å². The summed E-state index contributed by atoms with van der Waals surface area (Å²) < 4.78 is 0.736. The molecule has 0 saturated carbocycles. The number of benzene rings is 1. The monoisotopic (exact) mass is 469 g/mol. The maximum atomic E-state index is 12.1. The SMILES string of the molecule is C[N+](C)(C)CCNC(=O)c1cc(=O)c2c(Cl)cc(Cl)cc2[nH]1.[I-]. The minimum Gasteiger partial charge on any atom is -1.00 e. The third-order valence-electron chi connectivity index (χ3n) is 3.16. The number of halogens is 3. The standard InChI is InChI=1S/C15H17Cl2N3O2.HI/c1-20(2,3)5-4-18-15(22)12-8-13(21)14-10(17)6-9(16)7-11(14)19-12;/h6-8H,4-5H2,1-3H3,(H-,18,19,21,22);1H. The molecule has 1 aromatic heterocycles. The summed E-state index contributed by atoms with van der Waals surface area (Å²) in [7, 11) is 6.11. The third kappa shape index (κ3) is 5.34. The summed E-state index contributed by atoms with van der Waals surface area (Å²) in [6.07, 6.45) is 0. The molecule has 2 aromatic rings. The summed E-state index contributed by atoms with van der Waals surface area (Å²) in [6.45, 7) is 1.29. The van der Waals surface area contributed by atoms with Crippen LogP contribution in [0.15, 0.2) is 23.0 Å². The first-order valence-electron chi connectivity index (χ1n) is 6.78. The summed E-state index contributed by atoms with van der Waals surface area (Å²) in [5.74, 6) is -0.330. The van der Waals surface area contributed by atoms with Crippen LogP contribution in [0.4, 0.5) is 0 Å². The molecule has 5 nitrogen and oxygen atoms in total. The number of hydrogen-bond donors (Lipinski definition) is 2. The molecule has 0 bridgehead atoms. The number of carbonyl (C=O) groups is 1. The fourth-order valence-electron chi connectivity index (χ4n) is 2.03. The van der Waals surface area contributed by atoms with Crippen LogP contribution < -0.4 is 34.7 Å². The van der Waals surface area contributed by atoms with Gasteiger partial charge in [-0.25, -0.2) is 0 Å². The van der Waals surface area contributed by atoms with Gasteiger partial charge < -0.3 is 38.8 Å². The highest BCUT2D eigenvalue weighted by Gasteiger charge is 2.13. The van der Waals surface area contributed by atoms with Crippen LogP contribution in [0.25, 0.3) is 10.9 Å². The Morgan fingerprint density at radius 3 is 2.48 bits per heavy atom. The highest BCUT2D eigenvalue weighted by molar-refractivity contribution is 6.38. The van der Waals surface area contributed by atoms with E-state index in [2.05, 4.69) is 10.3 Å². The molecule has 0 aliphatic heterocycles. The first kappa shape index (κ1) is 20.2. The van der Waals surface area contributed by atoms with Gasteiger partial charge in [0.25, 0.3) is 5.91 Å². The molecule has 8 heteroatoms. The van der Waals surface area contributed by atoms with Crippen molar-refractivity contribution in [3.8, 4) is 0 Å². The fourth-order valence-corrected chi connectivity index (χ4v) is 2.62. The van der Waals surface area contributed by atoms with E-state index < -0.39 is 0 Å². The first-order chi connectivity index (χ1) is 10.2. The number of aromatic amines is 1. The first-order valence-corrected chi connectivity index (χ1v) is 7.54. The maximum absolute atomic E-state index is 12.1. The topological polar surface area (TPSA) is 62.0 Å². The number of hydrogen-bond acceptors (Lipinski definition) is 2. The highest BCUT2D eigenvalue weighted by Crippen LogP contribution is 2.24. The average Bonchev–Trinajstić information content (AvgIpc) is 2.35. The van der Waals surface area contributed by atoms with Gasteiger partial charge >= 0.3 is 0 Å². The quantitative estimate of drug-likeness (QED) is 0.458. The van der Waals surface area contributed by atoms with Crippen LogP contribution in [0.2, 0.25) is 10.0 Å². The highest BCUT2D eigenvalue weighted by atomic mass is 127. The number of carbonyl (C=O) groups excluding carboxylic acids is 1. The van der Waals surface area contributed by atoms with E-state index in [1.54, 1.807) is 6.07 Å². The molecule has 0 atom stereocenters. The Morgan fingerprint density at radius 2 is 1.87 bits per heavy atom. The van der Waals surface area contributed by atoms with Crippen molar-refractivity contribution in [3.63, 3.8) is 0 Å². The minimum absolute atomic E-state index is 0. The molecule has 0 aliphatic rings. The summed E-state index contributed by atoms with van der Waals surface area (Å²) in [5, 5.41) is 3.78. The lowest BCUT2D eigenvalue weighted by molar-refractivity contribution is -0.869. The second-order valence-electron chi connectivity index (χ2n) is 6.13. The predicted octanol–water partition coefficient (Wildman–Crippen LogP) is -0.725. The van der Waals surface area contributed by atoms with Gasteiger partial charge in [-0.1, -0.05) is 23.2 Å². The number of pyridine rings is 1. The van der Waals surface area contributed by atoms with Crippen LogP contribution in [-0.2, 0) is 0 Å². The van der Waals surface area contributed by atoms with Crippen molar-refractivity contribution in [2.45, 2.75) is 0 Å². The Kier molecular flexibility index (Phi) is 6.88. The lowest BCUT2D eigenvalue weighted by Crippen LogP contribution is -3.00. The Balaban J connectivity index is 0.00000264. The number of nitrogens with zero attached hydrogens (tertiary/aromatic N) is 1. The largest absolute Gasteiger partial charge is 1.00 e. The molecule has 0 unspecified atom stereocenters. The van der Waals surface area contributed by atoms with E-state index in [-0.39, 0.29) is 46.0 Å². The Bertz CT molecular complexity index is 785. The van der Waals surface area contributed by atoms with E-state index in [9.17, 15) is 9.59 Å². The molecule has 1 amide bonds. The third-order valence-corrected chi connectivity index (χ3v) is 3.68. The van der Waals surface area contributed by atoms with Gasteiger partial charge in [0.2, 0.25) is 0 Å². The molecule has 0 saturated heterocycles. The molecule has 0 spiro atoms. The molecular formula is C15H18Cl2IN3O2. The lowest BCUT2D eigenvalue weighted by Gasteiger charge is -2.23. The van der Waals surface area contributed by atoms with E-state index in [1.165, 1.54) is 12.1 Å². The van der Waals surface area contributed by atoms with Gasteiger partial charge in [0.15, 0.2) is 5.43 Å². The van der Waals surface area contributed by atoms with Crippen molar-refractivity contribution in [1.29, 1.82) is 0 Å². The van der Waals surface area contributed by atoms with Gasteiger partial charge in [-0.2, -0.15) is 0 Å². The van der Waals surface area contributed by atoms with Crippen molar-refractivity contribution in [2.24, 2.45) is 0 Å². The molecule has 2 rings (SSSR count). The van der Waals surface area contributed by atoms with Crippen molar-refractivity contribution in [1.82, 2.24) is 10.3 Å².